The highest BCUT2D eigenvalue weighted by Crippen LogP contribution is 2.51. The van der Waals surface area contributed by atoms with Gasteiger partial charge in [-0.3, -0.25) is 9.69 Å². The highest BCUT2D eigenvalue weighted by Gasteiger charge is 2.52. The van der Waals surface area contributed by atoms with Crippen LogP contribution in [-0.4, -0.2) is 46.9 Å². The molecular formula is C26H26ClN3O4S. The van der Waals surface area contributed by atoms with Gasteiger partial charge in [0.25, 0.3) is 0 Å². The molecule has 2 aliphatic heterocycles. The van der Waals surface area contributed by atoms with Gasteiger partial charge in [0.2, 0.25) is 12.7 Å². The topological polar surface area (TPSA) is 83.9 Å². The zero-order chi connectivity index (χ0) is 24.2. The van der Waals surface area contributed by atoms with E-state index in [1.807, 2.05) is 49.4 Å². The van der Waals surface area contributed by atoms with Crippen molar-refractivity contribution in [1.82, 2.24) is 9.88 Å². The molecule has 0 bridgehead atoms. The molecule has 1 saturated heterocycles. The number of halogens is 1. The maximum Gasteiger partial charge on any atom is 0.236 e. The molecule has 7 nitrogen and oxygen atoms in total. The van der Waals surface area contributed by atoms with Gasteiger partial charge in [-0.05, 0) is 55.5 Å². The number of amides is 1. The van der Waals surface area contributed by atoms with Crippen LogP contribution in [0.3, 0.4) is 0 Å². The van der Waals surface area contributed by atoms with Gasteiger partial charge in [0.05, 0.1) is 28.1 Å². The highest BCUT2D eigenvalue weighted by atomic mass is 35.5. The van der Waals surface area contributed by atoms with Crippen molar-refractivity contribution < 1.29 is 19.4 Å². The van der Waals surface area contributed by atoms with E-state index >= 15 is 0 Å². The van der Waals surface area contributed by atoms with Gasteiger partial charge in [0.1, 0.15) is 0 Å². The van der Waals surface area contributed by atoms with E-state index in [0.29, 0.717) is 28.2 Å². The fraction of sp³-hybridized carbons (Fsp3) is 0.385. The van der Waals surface area contributed by atoms with Crippen molar-refractivity contribution in [2.24, 2.45) is 0 Å². The number of β-amino-alcohol motifs (C(OH)–C–C–N with tert-alkyl or cyclic N) is 1. The number of likely N-dealkylation sites (tertiary alicyclic amines) is 1. The average Bonchev–Trinajstić information content (AvgIpc) is 3.13. The van der Waals surface area contributed by atoms with Crippen molar-refractivity contribution in [3.63, 3.8) is 0 Å². The minimum atomic E-state index is -0.568. The van der Waals surface area contributed by atoms with Crippen LogP contribution in [-0.2, 0) is 10.2 Å². The lowest BCUT2D eigenvalue weighted by molar-refractivity contribution is -0.118. The maximum absolute atomic E-state index is 13.4. The van der Waals surface area contributed by atoms with Crippen molar-refractivity contribution in [3.8, 4) is 11.5 Å². The van der Waals surface area contributed by atoms with E-state index in [4.69, 9.17) is 26.1 Å². The fourth-order valence-electron chi connectivity index (χ4n) is 5.10. The number of aliphatic hydroxyl groups excluding tert-OH is 1. The average molecular weight is 512 g/mol. The molecule has 0 spiro atoms. The van der Waals surface area contributed by atoms with Crippen molar-refractivity contribution >= 4 is 34.0 Å². The molecular weight excluding hydrogens is 486 g/mol. The van der Waals surface area contributed by atoms with Gasteiger partial charge in [0, 0.05) is 18.1 Å². The third-order valence-corrected chi connectivity index (χ3v) is 8.64. The summed E-state index contributed by atoms with van der Waals surface area (Å²) in [6.07, 6.45) is 1.93. The summed E-state index contributed by atoms with van der Waals surface area (Å²) in [6.45, 7) is 3.51. The number of hydrogen-bond donors (Lipinski definition) is 2. The molecule has 2 unspecified atom stereocenters. The van der Waals surface area contributed by atoms with Gasteiger partial charge in [-0.25, -0.2) is 4.98 Å². The van der Waals surface area contributed by atoms with Crippen molar-refractivity contribution in [3.05, 3.63) is 69.2 Å². The number of aryl methyl sites for hydroxylation is 1. The lowest BCUT2D eigenvalue weighted by atomic mass is 9.94. The van der Waals surface area contributed by atoms with Crippen LogP contribution in [0.1, 0.15) is 47.0 Å². The number of benzene rings is 2. The maximum atomic E-state index is 13.4. The number of anilines is 1. The summed E-state index contributed by atoms with van der Waals surface area (Å²) in [7, 11) is 0. The van der Waals surface area contributed by atoms with Gasteiger partial charge >= 0.3 is 0 Å². The van der Waals surface area contributed by atoms with Crippen LogP contribution in [0.25, 0.3) is 0 Å². The quantitative estimate of drug-likeness (QED) is 0.501. The Morgan fingerprint density at radius 2 is 2.06 bits per heavy atom. The van der Waals surface area contributed by atoms with Gasteiger partial charge in [-0.1, -0.05) is 47.2 Å². The molecule has 1 aromatic heterocycles. The van der Waals surface area contributed by atoms with Gasteiger partial charge in [0.15, 0.2) is 16.6 Å². The van der Waals surface area contributed by atoms with E-state index in [1.165, 1.54) is 11.3 Å². The van der Waals surface area contributed by atoms with Crippen molar-refractivity contribution in [2.45, 2.75) is 43.7 Å². The van der Waals surface area contributed by atoms with E-state index in [-0.39, 0.29) is 24.8 Å². The largest absolute Gasteiger partial charge is 0.454 e. The van der Waals surface area contributed by atoms with Crippen LogP contribution < -0.4 is 14.8 Å². The van der Waals surface area contributed by atoms with Gasteiger partial charge in [-0.2, -0.15) is 0 Å². The Hall–Kier alpha value is -2.65. The minimum absolute atomic E-state index is 0.0532. The number of fused-ring (bicyclic) bond motifs is 1. The summed E-state index contributed by atoms with van der Waals surface area (Å²) in [5.74, 6) is 1.34. The number of hydrogen-bond acceptors (Lipinski definition) is 7. The first-order chi connectivity index (χ1) is 16.9. The standard InChI is InChI=1S/C26H26ClN3O4S/c1-15-23(22(30-11-8-17(31)13-30)18-4-2-3-5-19(18)27)35-25(28-15)29-24(32)26(9-10-26)16-6-7-20-21(12-16)34-14-33-20/h2-7,12,17,22,31H,8-11,13-14H2,1H3,(H,28,29,32). The molecule has 182 valence electrons. The second kappa shape index (κ2) is 8.78. The lowest BCUT2D eigenvalue weighted by Crippen LogP contribution is -2.28. The Morgan fingerprint density at radius 3 is 2.80 bits per heavy atom. The van der Waals surface area contributed by atoms with E-state index in [1.54, 1.807) is 0 Å². The second-order valence-corrected chi connectivity index (χ2v) is 10.9. The molecule has 1 saturated carbocycles. The molecule has 1 amide bonds. The summed E-state index contributed by atoms with van der Waals surface area (Å²) in [5, 5.41) is 14.5. The number of aromatic nitrogens is 1. The highest BCUT2D eigenvalue weighted by molar-refractivity contribution is 7.16. The number of nitrogens with one attached hydrogen (secondary N) is 1. The number of carbonyl (C=O) groups is 1. The van der Waals surface area contributed by atoms with E-state index in [2.05, 4.69) is 10.2 Å². The summed E-state index contributed by atoms with van der Waals surface area (Å²) in [5.41, 5.74) is 2.20. The molecule has 9 heteroatoms. The third-order valence-electron chi connectivity index (χ3n) is 7.17. The molecule has 0 radical (unpaired) electrons. The molecule has 3 aliphatic rings. The minimum Gasteiger partial charge on any atom is -0.454 e. The number of thiazole rings is 1. The van der Waals surface area contributed by atoms with Gasteiger partial charge < -0.3 is 19.9 Å². The second-order valence-electron chi connectivity index (χ2n) is 9.43. The molecule has 6 rings (SSSR count). The predicted octanol–water partition coefficient (Wildman–Crippen LogP) is 4.66. The molecule has 3 heterocycles. The first-order valence-corrected chi connectivity index (χ1v) is 13.0. The molecule has 2 fully saturated rings. The van der Waals surface area contributed by atoms with E-state index in [9.17, 15) is 9.90 Å². The van der Waals surface area contributed by atoms with E-state index < -0.39 is 5.41 Å². The monoisotopic (exact) mass is 511 g/mol. The summed E-state index contributed by atoms with van der Waals surface area (Å²) in [4.78, 5) is 21.4. The van der Waals surface area contributed by atoms with Gasteiger partial charge in [-0.15, -0.1) is 0 Å². The number of nitrogens with zero attached hydrogens (tertiary/aromatic N) is 2. The summed E-state index contributed by atoms with van der Waals surface area (Å²) < 4.78 is 10.9. The molecule has 1 aliphatic carbocycles. The van der Waals surface area contributed by atoms with Crippen LogP contribution in [0.2, 0.25) is 5.02 Å². The van der Waals surface area contributed by atoms with E-state index in [0.717, 1.165) is 47.5 Å². The summed E-state index contributed by atoms with van der Waals surface area (Å²) >= 11 is 8.09. The first kappa shape index (κ1) is 22.8. The smallest absolute Gasteiger partial charge is 0.236 e. The molecule has 2 aromatic carbocycles. The van der Waals surface area contributed by atoms with Crippen LogP contribution in [0.15, 0.2) is 42.5 Å². The molecule has 2 N–H and O–H groups in total. The lowest BCUT2D eigenvalue weighted by Gasteiger charge is -2.28. The third kappa shape index (κ3) is 4.08. The predicted molar refractivity (Wildman–Crippen MR) is 134 cm³/mol. The zero-order valence-corrected chi connectivity index (χ0v) is 20.9. The Morgan fingerprint density at radius 1 is 1.26 bits per heavy atom. The Kier molecular flexibility index (Phi) is 5.72. The van der Waals surface area contributed by atoms with Crippen LogP contribution >= 0.6 is 22.9 Å². The SMILES string of the molecule is Cc1nc(NC(=O)C2(c3ccc4c(c3)OCO4)CC2)sc1C(c1ccccc1Cl)N1CCC(O)C1. The number of carbonyl (C=O) groups excluding carboxylic acids is 1. The molecule has 35 heavy (non-hydrogen) atoms. The Labute approximate surface area is 212 Å². The van der Waals surface area contributed by atoms with Crippen molar-refractivity contribution in [1.29, 1.82) is 0 Å². The molecule has 2 atom stereocenters. The van der Waals surface area contributed by atoms with Crippen LogP contribution in [0.4, 0.5) is 5.13 Å². The van der Waals surface area contributed by atoms with Crippen LogP contribution in [0, 0.1) is 6.92 Å². The number of aliphatic hydroxyl groups is 1. The molecule has 3 aromatic rings. The normalized spacial score (nSPS) is 21.2. The Balaban J connectivity index is 1.28. The summed E-state index contributed by atoms with van der Waals surface area (Å²) in [6, 6.07) is 13.4. The Bertz CT molecular complexity index is 1290. The fourth-order valence-corrected chi connectivity index (χ4v) is 6.46. The first-order valence-electron chi connectivity index (χ1n) is 11.8. The number of rotatable bonds is 6. The van der Waals surface area contributed by atoms with Crippen molar-refractivity contribution in [2.75, 3.05) is 25.2 Å². The number of ether oxygens (including phenoxy) is 2. The zero-order valence-electron chi connectivity index (χ0n) is 19.3. The van der Waals surface area contributed by atoms with Crippen LogP contribution in [0.5, 0.6) is 11.5 Å².